The number of carbonyl (C=O) groups excluding carboxylic acids is 3. The van der Waals surface area contributed by atoms with E-state index < -0.39 is 35.4 Å². The first kappa shape index (κ1) is 29.1. The highest BCUT2D eigenvalue weighted by Gasteiger charge is 2.39. The summed E-state index contributed by atoms with van der Waals surface area (Å²) in [5.74, 6) is -1.66. The van der Waals surface area contributed by atoms with E-state index in [0.29, 0.717) is 5.69 Å². The Hall–Kier alpha value is -3.88. The van der Waals surface area contributed by atoms with Gasteiger partial charge in [-0.1, -0.05) is 82.5 Å². The number of anilines is 2. The van der Waals surface area contributed by atoms with E-state index in [4.69, 9.17) is 0 Å². The van der Waals surface area contributed by atoms with E-state index in [2.05, 4.69) is 15.5 Å². The van der Waals surface area contributed by atoms with Gasteiger partial charge >= 0.3 is 12.0 Å². The van der Waals surface area contributed by atoms with Crippen molar-refractivity contribution in [1.82, 2.24) is 10.6 Å². The van der Waals surface area contributed by atoms with Crippen LogP contribution in [-0.4, -0.2) is 60.0 Å². The van der Waals surface area contributed by atoms with Gasteiger partial charge in [-0.05, 0) is 30.5 Å². The maximum atomic E-state index is 14.0. The van der Waals surface area contributed by atoms with Crippen molar-refractivity contribution in [2.45, 2.75) is 77.4 Å². The van der Waals surface area contributed by atoms with Gasteiger partial charge in [-0.15, -0.1) is 0 Å². The fourth-order valence-corrected chi connectivity index (χ4v) is 5.41. The lowest BCUT2D eigenvalue weighted by atomic mass is 9.90. The quantitative estimate of drug-likeness (QED) is 0.456. The molecular formula is C31H40N4O5. The van der Waals surface area contributed by atoms with Crippen molar-refractivity contribution in [1.29, 1.82) is 0 Å². The number of nitrogens with zero attached hydrogens (tertiary/aromatic N) is 2. The van der Waals surface area contributed by atoms with Crippen LogP contribution in [0.4, 0.5) is 16.2 Å². The summed E-state index contributed by atoms with van der Waals surface area (Å²) in [6.07, 6.45) is 5.39. The number of benzene rings is 2. The molecule has 3 amide bonds. The maximum Gasteiger partial charge on any atom is 0.326 e. The number of ketones is 1. The summed E-state index contributed by atoms with van der Waals surface area (Å²) < 4.78 is 0. The molecule has 0 spiro atoms. The molecule has 0 aromatic heterocycles. The van der Waals surface area contributed by atoms with Crippen LogP contribution in [0.5, 0.6) is 0 Å². The molecule has 4 rings (SSSR count). The van der Waals surface area contributed by atoms with Crippen molar-refractivity contribution < 1.29 is 24.3 Å². The zero-order valence-electron chi connectivity index (χ0n) is 23.6. The average molecular weight is 549 g/mol. The molecule has 0 saturated heterocycles. The lowest BCUT2D eigenvalue weighted by Crippen LogP contribution is -2.58. The van der Waals surface area contributed by atoms with E-state index in [9.17, 15) is 24.3 Å². The molecule has 9 heteroatoms. The third-order valence-electron chi connectivity index (χ3n) is 7.77. The number of fused-ring (bicyclic) bond motifs is 1. The number of urea groups is 1. The van der Waals surface area contributed by atoms with Crippen molar-refractivity contribution >= 4 is 35.1 Å². The molecule has 1 aliphatic carbocycles. The van der Waals surface area contributed by atoms with Crippen LogP contribution in [-0.2, 0) is 20.8 Å². The zero-order valence-corrected chi connectivity index (χ0v) is 23.6. The molecule has 2 aliphatic rings. The highest BCUT2D eigenvalue weighted by atomic mass is 16.4. The normalized spacial score (nSPS) is 18.9. The summed E-state index contributed by atoms with van der Waals surface area (Å²) in [5, 5.41) is 15.1. The molecular weight excluding hydrogens is 508 g/mol. The van der Waals surface area contributed by atoms with Gasteiger partial charge in [-0.3, -0.25) is 9.59 Å². The topological polar surface area (TPSA) is 119 Å². The van der Waals surface area contributed by atoms with Gasteiger partial charge in [-0.25, -0.2) is 9.59 Å². The molecule has 0 radical (unpaired) electrons. The van der Waals surface area contributed by atoms with Crippen LogP contribution in [0.2, 0.25) is 0 Å². The number of carboxylic acid groups (broad SMARTS) is 1. The maximum absolute atomic E-state index is 14.0. The number of carboxylic acids is 1. The number of amides is 3. The average Bonchev–Trinajstić information content (AvgIpc) is 3.04. The van der Waals surface area contributed by atoms with Crippen molar-refractivity contribution in [3.05, 3.63) is 60.2 Å². The molecule has 2 aromatic rings. The second-order valence-electron chi connectivity index (χ2n) is 11.8. The van der Waals surface area contributed by atoms with Crippen molar-refractivity contribution in [3.63, 3.8) is 0 Å². The third-order valence-corrected chi connectivity index (χ3v) is 7.77. The Morgan fingerprint density at radius 2 is 1.57 bits per heavy atom. The summed E-state index contributed by atoms with van der Waals surface area (Å²) in [5.41, 5.74) is 1.62. The van der Waals surface area contributed by atoms with Gasteiger partial charge in [0.15, 0.2) is 5.78 Å². The predicted octanol–water partition coefficient (Wildman–Crippen LogP) is 4.15. The molecule has 0 bridgehead atoms. The van der Waals surface area contributed by atoms with Crippen LogP contribution in [0.25, 0.3) is 0 Å². The Morgan fingerprint density at radius 3 is 2.20 bits per heavy atom. The van der Waals surface area contributed by atoms with Gasteiger partial charge in [0.25, 0.3) is 5.91 Å². The molecule has 3 N–H and O–H groups in total. The van der Waals surface area contributed by atoms with Crippen LogP contribution in [0, 0.1) is 5.41 Å². The number of hydrogen-bond acceptors (Lipinski definition) is 5. The first-order valence-corrected chi connectivity index (χ1v) is 14.1. The summed E-state index contributed by atoms with van der Waals surface area (Å²) in [4.78, 5) is 56.0. The Kier molecular flexibility index (Phi) is 9.12. The molecule has 1 aliphatic heterocycles. The van der Waals surface area contributed by atoms with E-state index in [1.807, 2.05) is 63.2 Å². The van der Waals surface area contributed by atoms with Crippen LogP contribution in [0.1, 0.15) is 58.4 Å². The van der Waals surface area contributed by atoms with E-state index in [1.165, 1.54) is 11.3 Å². The number of para-hydroxylation sites is 2. The van der Waals surface area contributed by atoms with Crippen molar-refractivity contribution in [2.24, 2.45) is 5.41 Å². The van der Waals surface area contributed by atoms with Crippen LogP contribution < -0.4 is 20.4 Å². The number of nitrogens with one attached hydrogen (secondary N) is 2. The Balaban J connectivity index is 1.62. The van der Waals surface area contributed by atoms with E-state index >= 15 is 0 Å². The van der Waals surface area contributed by atoms with Crippen molar-refractivity contribution in [2.75, 3.05) is 22.9 Å². The fourth-order valence-electron chi connectivity index (χ4n) is 5.41. The highest BCUT2D eigenvalue weighted by molar-refractivity contribution is 6.07. The van der Waals surface area contributed by atoms with Gasteiger partial charge in [0.05, 0.1) is 17.9 Å². The Labute approximate surface area is 235 Å². The number of carbonyl (C=O) groups is 4. The third kappa shape index (κ3) is 7.00. The van der Waals surface area contributed by atoms with Crippen LogP contribution in [0.15, 0.2) is 54.6 Å². The standard InChI is InChI=1S/C31H40N4O5/c1-31(2,3)27(36)20-35-26-17-11-10-16-25(26)34(22-14-8-5-9-15-22)19-24(28(35)37)33-30(40)32-23(29(38)39)18-21-12-6-4-7-13-21/h4,6-7,10-13,16-17,22-24H,5,8-9,14-15,18-20H2,1-3H3,(H,38,39)(H2,32,33,40)/t23-,24+/m0/s1. The number of Topliss-reactive ketones (excluding diaryl/α,β-unsaturated/α-hetero) is 1. The smallest absolute Gasteiger partial charge is 0.326 e. The number of rotatable bonds is 8. The second-order valence-corrected chi connectivity index (χ2v) is 11.8. The molecule has 2 atom stereocenters. The second kappa shape index (κ2) is 12.5. The van der Waals surface area contributed by atoms with Gasteiger partial charge in [-0.2, -0.15) is 0 Å². The summed E-state index contributed by atoms with van der Waals surface area (Å²) in [6, 6.07) is 13.9. The Morgan fingerprint density at radius 1 is 0.950 bits per heavy atom. The predicted molar refractivity (Wildman–Crippen MR) is 155 cm³/mol. The zero-order chi connectivity index (χ0) is 28.9. The lowest BCUT2D eigenvalue weighted by molar-refractivity contribution is -0.139. The monoisotopic (exact) mass is 548 g/mol. The SMILES string of the molecule is CC(C)(C)C(=O)CN1C(=O)[C@H](NC(=O)N[C@@H](Cc2ccccc2)C(=O)O)CN(C2CCCCC2)c2ccccc21. The molecule has 1 fully saturated rings. The Bertz CT molecular complexity index is 1220. The minimum absolute atomic E-state index is 0.0984. The van der Waals surface area contributed by atoms with Crippen LogP contribution in [0.3, 0.4) is 0 Å². The van der Waals surface area contributed by atoms with Gasteiger partial charge < -0.3 is 25.5 Å². The first-order chi connectivity index (χ1) is 19.0. The summed E-state index contributed by atoms with van der Waals surface area (Å²) in [7, 11) is 0. The summed E-state index contributed by atoms with van der Waals surface area (Å²) in [6.45, 7) is 5.56. The van der Waals surface area contributed by atoms with Crippen molar-refractivity contribution in [3.8, 4) is 0 Å². The summed E-state index contributed by atoms with van der Waals surface area (Å²) >= 11 is 0. The first-order valence-electron chi connectivity index (χ1n) is 14.1. The van der Waals surface area contributed by atoms with Gasteiger partial charge in [0, 0.05) is 24.4 Å². The highest BCUT2D eigenvalue weighted by Crippen LogP contribution is 2.37. The molecule has 1 heterocycles. The molecule has 2 aromatic carbocycles. The van der Waals surface area contributed by atoms with E-state index in [-0.39, 0.29) is 31.3 Å². The number of aliphatic carboxylic acids is 1. The molecule has 1 saturated carbocycles. The van der Waals surface area contributed by atoms with Gasteiger partial charge in [0.1, 0.15) is 12.1 Å². The molecule has 9 nitrogen and oxygen atoms in total. The molecule has 214 valence electrons. The van der Waals surface area contributed by atoms with Crippen LogP contribution >= 0.6 is 0 Å². The lowest BCUT2D eigenvalue weighted by Gasteiger charge is -2.37. The number of hydrogen-bond donors (Lipinski definition) is 3. The van der Waals surface area contributed by atoms with E-state index in [1.54, 1.807) is 12.1 Å². The minimum Gasteiger partial charge on any atom is -0.480 e. The van der Waals surface area contributed by atoms with Gasteiger partial charge in [0.2, 0.25) is 0 Å². The molecule has 40 heavy (non-hydrogen) atoms. The minimum atomic E-state index is -1.17. The largest absolute Gasteiger partial charge is 0.480 e. The van der Waals surface area contributed by atoms with E-state index in [0.717, 1.165) is 36.9 Å². The fraction of sp³-hybridized carbons (Fsp3) is 0.484. The molecule has 0 unspecified atom stereocenters.